The summed E-state index contributed by atoms with van der Waals surface area (Å²) in [5, 5.41) is 0. The van der Waals surface area contributed by atoms with Crippen LogP contribution in [0.25, 0.3) is 0 Å². The molecule has 0 aliphatic rings. The summed E-state index contributed by atoms with van der Waals surface area (Å²) in [4.78, 5) is 0. The van der Waals surface area contributed by atoms with Crippen molar-refractivity contribution in [2.75, 3.05) is 13.2 Å². The largest absolute Gasteiger partial charge is 0.494 e. The summed E-state index contributed by atoms with van der Waals surface area (Å²) in [6.07, 6.45) is 0. The molecule has 3 heteroatoms. The summed E-state index contributed by atoms with van der Waals surface area (Å²) in [5.41, 5.74) is 2.35. The third-order valence-electron chi connectivity index (χ3n) is 4.27. The van der Waals surface area contributed by atoms with Gasteiger partial charge in [-0.2, -0.15) is 0 Å². The molecule has 1 atom stereocenters. The number of para-hydroxylation sites is 1. The lowest BCUT2D eigenvalue weighted by atomic mass is 10.0. The van der Waals surface area contributed by atoms with E-state index < -0.39 is 0 Å². The smallest absolute Gasteiger partial charge is 0.127 e. The van der Waals surface area contributed by atoms with Gasteiger partial charge in [-0.3, -0.25) is 0 Å². The molecule has 3 nitrogen and oxygen atoms in total. The fourth-order valence-electron chi connectivity index (χ4n) is 2.83. The Kier molecular flexibility index (Phi) is 6.89. The van der Waals surface area contributed by atoms with Crippen LogP contribution in [0.15, 0.2) is 78.9 Å². The van der Waals surface area contributed by atoms with Crippen LogP contribution in [0.1, 0.15) is 30.9 Å². The van der Waals surface area contributed by atoms with Crippen molar-refractivity contribution >= 4 is 0 Å². The van der Waals surface area contributed by atoms with Crippen LogP contribution in [0.3, 0.4) is 0 Å². The SMILES string of the molecule is CCOc1ccc(C(C)COCc2cccc(Oc3ccccc3)c2)cc1. The Labute approximate surface area is 161 Å². The molecule has 0 spiro atoms. The molecule has 0 aliphatic carbocycles. The molecule has 0 heterocycles. The van der Waals surface area contributed by atoms with E-state index in [2.05, 4.69) is 25.1 Å². The summed E-state index contributed by atoms with van der Waals surface area (Å²) in [7, 11) is 0. The molecule has 0 fully saturated rings. The van der Waals surface area contributed by atoms with Crippen molar-refractivity contribution in [2.45, 2.75) is 26.4 Å². The first-order chi connectivity index (χ1) is 13.2. The van der Waals surface area contributed by atoms with Crippen LogP contribution in [-0.2, 0) is 11.3 Å². The van der Waals surface area contributed by atoms with Gasteiger partial charge in [-0.25, -0.2) is 0 Å². The molecule has 0 aliphatic heterocycles. The molecule has 0 radical (unpaired) electrons. The highest BCUT2D eigenvalue weighted by Crippen LogP contribution is 2.23. The molecular formula is C24H26O3. The number of hydrogen-bond donors (Lipinski definition) is 0. The van der Waals surface area contributed by atoms with Crippen LogP contribution in [-0.4, -0.2) is 13.2 Å². The van der Waals surface area contributed by atoms with E-state index in [1.54, 1.807) is 0 Å². The summed E-state index contributed by atoms with van der Waals surface area (Å²) in [6.45, 7) is 6.07. The van der Waals surface area contributed by atoms with Crippen LogP contribution < -0.4 is 9.47 Å². The van der Waals surface area contributed by atoms with Crippen molar-refractivity contribution in [1.29, 1.82) is 0 Å². The first-order valence-corrected chi connectivity index (χ1v) is 9.37. The predicted octanol–water partition coefficient (Wildman–Crippen LogP) is 6.20. The van der Waals surface area contributed by atoms with Gasteiger partial charge in [0.25, 0.3) is 0 Å². The molecule has 0 bridgehead atoms. The lowest BCUT2D eigenvalue weighted by Crippen LogP contribution is -2.05. The van der Waals surface area contributed by atoms with Crippen molar-refractivity contribution in [1.82, 2.24) is 0 Å². The molecule has 0 saturated carbocycles. The zero-order valence-electron chi connectivity index (χ0n) is 15.9. The van der Waals surface area contributed by atoms with Crippen molar-refractivity contribution in [3.05, 3.63) is 90.0 Å². The van der Waals surface area contributed by atoms with Crippen molar-refractivity contribution in [3.63, 3.8) is 0 Å². The minimum Gasteiger partial charge on any atom is -0.494 e. The lowest BCUT2D eigenvalue weighted by Gasteiger charge is -2.14. The molecule has 3 aromatic carbocycles. The molecule has 27 heavy (non-hydrogen) atoms. The van der Waals surface area contributed by atoms with Crippen LogP contribution in [0.2, 0.25) is 0 Å². The van der Waals surface area contributed by atoms with Gasteiger partial charge in [-0.15, -0.1) is 0 Å². The minimum atomic E-state index is 0.324. The van der Waals surface area contributed by atoms with Crippen molar-refractivity contribution in [2.24, 2.45) is 0 Å². The van der Waals surface area contributed by atoms with Gasteiger partial charge in [0, 0.05) is 5.92 Å². The zero-order chi connectivity index (χ0) is 18.9. The van der Waals surface area contributed by atoms with Gasteiger partial charge in [0.2, 0.25) is 0 Å². The maximum atomic E-state index is 5.93. The van der Waals surface area contributed by atoms with Crippen LogP contribution in [0.4, 0.5) is 0 Å². The fourth-order valence-corrected chi connectivity index (χ4v) is 2.83. The van der Waals surface area contributed by atoms with E-state index in [0.29, 0.717) is 25.7 Å². The fraction of sp³-hybridized carbons (Fsp3) is 0.250. The molecule has 0 N–H and O–H groups in total. The Morgan fingerprint density at radius 2 is 1.52 bits per heavy atom. The van der Waals surface area contributed by atoms with Crippen molar-refractivity contribution in [3.8, 4) is 17.2 Å². The molecule has 0 saturated heterocycles. The van der Waals surface area contributed by atoms with Crippen LogP contribution >= 0.6 is 0 Å². The van der Waals surface area contributed by atoms with E-state index in [9.17, 15) is 0 Å². The number of benzene rings is 3. The topological polar surface area (TPSA) is 27.7 Å². The predicted molar refractivity (Wildman–Crippen MR) is 109 cm³/mol. The Morgan fingerprint density at radius 3 is 2.26 bits per heavy atom. The second-order valence-corrected chi connectivity index (χ2v) is 6.48. The lowest BCUT2D eigenvalue weighted by molar-refractivity contribution is 0.110. The second kappa shape index (κ2) is 9.79. The van der Waals surface area contributed by atoms with E-state index in [0.717, 1.165) is 22.8 Å². The van der Waals surface area contributed by atoms with E-state index in [1.807, 2.05) is 67.6 Å². The average molecular weight is 362 g/mol. The molecule has 1 unspecified atom stereocenters. The number of rotatable bonds is 9. The summed E-state index contributed by atoms with van der Waals surface area (Å²) < 4.78 is 17.3. The molecule has 3 aromatic rings. The van der Waals surface area contributed by atoms with Gasteiger partial charge in [-0.1, -0.05) is 49.4 Å². The zero-order valence-corrected chi connectivity index (χ0v) is 15.9. The van der Waals surface area contributed by atoms with Gasteiger partial charge in [0.05, 0.1) is 19.8 Å². The summed E-state index contributed by atoms with van der Waals surface area (Å²) >= 11 is 0. The highest BCUT2D eigenvalue weighted by atomic mass is 16.5. The van der Waals surface area contributed by atoms with E-state index in [4.69, 9.17) is 14.2 Å². The van der Waals surface area contributed by atoms with Gasteiger partial charge >= 0.3 is 0 Å². The number of hydrogen-bond acceptors (Lipinski definition) is 3. The molecular weight excluding hydrogens is 336 g/mol. The van der Waals surface area contributed by atoms with Crippen LogP contribution in [0.5, 0.6) is 17.2 Å². The third kappa shape index (κ3) is 5.87. The Hall–Kier alpha value is -2.78. The third-order valence-corrected chi connectivity index (χ3v) is 4.27. The summed E-state index contributed by atoms with van der Waals surface area (Å²) in [6, 6.07) is 26.1. The molecule has 0 amide bonds. The first kappa shape index (κ1) is 19.0. The van der Waals surface area contributed by atoms with E-state index >= 15 is 0 Å². The van der Waals surface area contributed by atoms with Crippen molar-refractivity contribution < 1.29 is 14.2 Å². The molecule has 3 rings (SSSR count). The summed E-state index contributed by atoms with van der Waals surface area (Å²) in [5.74, 6) is 2.88. The average Bonchev–Trinajstić information content (AvgIpc) is 2.70. The molecule has 0 aromatic heterocycles. The monoisotopic (exact) mass is 362 g/mol. The standard InChI is InChI=1S/C24H26O3/c1-3-26-22-14-12-21(13-15-22)19(2)17-25-18-20-8-7-11-24(16-20)27-23-9-5-4-6-10-23/h4-16,19H,3,17-18H2,1-2H3. The Bertz CT molecular complexity index is 813. The quantitative estimate of drug-likeness (QED) is 0.454. The first-order valence-electron chi connectivity index (χ1n) is 9.37. The van der Waals surface area contributed by atoms with E-state index in [-0.39, 0.29) is 0 Å². The Balaban J connectivity index is 1.50. The number of ether oxygens (including phenoxy) is 3. The highest BCUT2D eigenvalue weighted by molar-refractivity contribution is 5.33. The normalized spacial score (nSPS) is 11.8. The van der Waals surface area contributed by atoms with Gasteiger partial charge in [0.15, 0.2) is 0 Å². The Morgan fingerprint density at radius 1 is 0.778 bits per heavy atom. The van der Waals surface area contributed by atoms with Crippen LogP contribution in [0, 0.1) is 0 Å². The van der Waals surface area contributed by atoms with E-state index in [1.165, 1.54) is 5.56 Å². The maximum absolute atomic E-state index is 5.93. The second-order valence-electron chi connectivity index (χ2n) is 6.48. The van der Waals surface area contributed by atoms with Gasteiger partial charge < -0.3 is 14.2 Å². The highest BCUT2D eigenvalue weighted by Gasteiger charge is 2.07. The molecule has 140 valence electrons. The maximum Gasteiger partial charge on any atom is 0.127 e. The van der Waals surface area contributed by atoms with Gasteiger partial charge in [0.1, 0.15) is 17.2 Å². The van der Waals surface area contributed by atoms with Gasteiger partial charge in [-0.05, 0) is 54.4 Å². The minimum absolute atomic E-state index is 0.324.